The van der Waals surface area contributed by atoms with E-state index in [1.807, 2.05) is 0 Å². The van der Waals surface area contributed by atoms with Gasteiger partial charge in [-0.05, 0) is 72.2 Å². The van der Waals surface area contributed by atoms with Crippen LogP contribution in [0.1, 0.15) is 128 Å². The van der Waals surface area contributed by atoms with Crippen LogP contribution in [0.5, 0.6) is 0 Å². The Morgan fingerprint density at radius 2 is 0.765 bits per heavy atom. The molecule has 0 aliphatic rings. The molecule has 190 valence electrons. The molecule has 0 fully saturated rings. The van der Waals surface area contributed by atoms with Gasteiger partial charge in [-0.2, -0.15) is 0 Å². The van der Waals surface area contributed by atoms with E-state index in [-0.39, 0.29) is 0 Å². The molecule has 2 nitrogen and oxygen atoms in total. The zero-order valence-corrected chi connectivity index (χ0v) is 22.3. The predicted octanol–water partition coefficient (Wildman–Crippen LogP) is 9.88. The second-order valence-electron chi connectivity index (χ2n) is 10.3. The van der Waals surface area contributed by atoms with Gasteiger partial charge in [0.1, 0.15) is 0 Å². The van der Waals surface area contributed by atoms with E-state index in [0.717, 1.165) is 24.2 Å². The van der Waals surface area contributed by atoms with E-state index in [0.29, 0.717) is 0 Å². The Bertz CT molecular complexity index is 728. The van der Waals surface area contributed by atoms with Crippen molar-refractivity contribution in [2.75, 3.05) is 11.5 Å². The largest absolute Gasteiger partial charge is 0.399 e. The summed E-state index contributed by atoms with van der Waals surface area (Å²) in [5, 5.41) is 0. The van der Waals surface area contributed by atoms with Crippen LogP contribution in [0, 0.1) is 0 Å². The maximum atomic E-state index is 6.33. The summed E-state index contributed by atoms with van der Waals surface area (Å²) in [6, 6.07) is 13.1. The van der Waals surface area contributed by atoms with Crippen LogP contribution >= 0.6 is 0 Å². The number of aryl methyl sites for hydroxylation is 2. The third-order valence-corrected chi connectivity index (χ3v) is 7.22. The van der Waals surface area contributed by atoms with E-state index in [4.69, 9.17) is 11.5 Å². The van der Waals surface area contributed by atoms with Crippen LogP contribution in [-0.4, -0.2) is 0 Å². The Labute approximate surface area is 210 Å². The van der Waals surface area contributed by atoms with E-state index >= 15 is 0 Å². The first-order valence-electron chi connectivity index (χ1n) is 14.4. The number of unbranched alkanes of at least 4 members (excludes halogenated alkanes) is 14. The summed E-state index contributed by atoms with van der Waals surface area (Å²) in [5.74, 6) is 0. The molecule has 0 aliphatic carbocycles. The lowest BCUT2D eigenvalue weighted by molar-refractivity contribution is 0.575. The molecule has 0 spiro atoms. The smallest absolute Gasteiger partial charge is 0.0346 e. The standard InChI is InChI=1S/C32H52N2/c1-3-5-7-9-11-13-15-17-19-29-25-27(21-23-31(29)33)28-22-24-32(34)30(26-28)20-18-16-14-12-10-8-6-4-2/h21-26H,3-20,33-34H2,1-2H3. The van der Waals surface area contributed by atoms with Gasteiger partial charge in [-0.25, -0.2) is 0 Å². The minimum absolute atomic E-state index is 0.932. The second kappa shape index (κ2) is 17.5. The topological polar surface area (TPSA) is 52.0 Å². The molecule has 2 aromatic carbocycles. The highest BCUT2D eigenvalue weighted by Crippen LogP contribution is 2.28. The van der Waals surface area contributed by atoms with Crippen LogP contribution in [0.25, 0.3) is 11.1 Å². The number of benzene rings is 2. The monoisotopic (exact) mass is 464 g/mol. The number of hydrogen-bond donors (Lipinski definition) is 2. The average Bonchev–Trinajstić information content (AvgIpc) is 2.84. The molecule has 2 heteroatoms. The summed E-state index contributed by atoms with van der Waals surface area (Å²) in [7, 11) is 0. The molecule has 0 heterocycles. The Kier molecular flexibility index (Phi) is 14.5. The highest BCUT2D eigenvalue weighted by Gasteiger charge is 2.07. The molecule has 0 saturated heterocycles. The van der Waals surface area contributed by atoms with Crippen molar-refractivity contribution < 1.29 is 0 Å². The van der Waals surface area contributed by atoms with Gasteiger partial charge < -0.3 is 11.5 Å². The molecule has 2 rings (SSSR count). The highest BCUT2D eigenvalue weighted by molar-refractivity contribution is 5.70. The van der Waals surface area contributed by atoms with E-state index in [1.54, 1.807) is 0 Å². The van der Waals surface area contributed by atoms with E-state index in [9.17, 15) is 0 Å². The highest BCUT2D eigenvalue weighted by atomic mass is 14.6. The molecule has 0 aromatic heterocycles. The molecule has 0 amide bonds. The van der Waals surface area contributed by atoms with Gasteiger partial charge in [0.2, 0.25) is 0 Å². The van der Waals surface area contributed by atoms with Gasteiger partial charge in [0.15, 0.2) is 0 Å². The first kappa shape index (κ1) is 28.3. The number of nitrogen functional groups attached to an aromatic ring is 2. The molecule has 0 radical (unpaired) electrons. The van der Waals surface area contributed by atoms with Crippen LogP contribution in [0.4, 0.5) is 11.4 Å². The summed E-state index contributed by atoms with van der Waals surface area (Å²) in [6.07, 6.45) is 23.7. The summed E-state index contributed by atoms with van der Waals surface area (Å²) in [5.41, 5.74) is 19.6. The van der Waals surface area contributed by atoms with Crippen LogP contribution in [-0.2, 0) is 12.8 Å². The fraction of sp³-hybridized carbons (Fsp3) is 0.625. The SMILES string of the molecule is CCCCCCCCCCc1cc(-c2ccc(N)c(CCCCCCCCCC)c2)ccc1N. The summed E-state index contributed by atoms with van der Waals surface area (Å²) in [6.45, 7) is 4.56. The fourth-order valence-electron chi connectivity index (χ4n) is 4.90. The van der Waals surface area contributed by atoms with Crippen molar-refractivity contribution in [1.29, 1.82) is 0 Å². The Morgan fingerprint density at radius 3 is 1.12 bits per heavy atom. The Balaban J connectivity index is 1.83. The number of nitrogens with two attached hydrogens (primary N) is 2. The van der Waals surface area contributed by atoms with Crippen LogP contribution in [0.2, 0.25) is 0 Å². The molecule has 34 heavy (non-hydrogen) atoms. The van der Waals surface area contributed by atoms with Crippen LogP contribution in [0.15, 0.2) is 36.4 Å². The Hall–Kier alpha value is -1.96. The van der Waals surface area contributed by atoms with Crippen molar-refractivity contribution in [3.05, 3.63) is 47.5 Å². The maximum absolute atomic E-state index is 6.33. The molecular formula is C32H52N2. The lowest BCUT2D eigenvalue weighted by Crippen LogP contribution is -1.98. The first-order chi connectivity index (χ1) is 16.7. The van der Waals surface area contributed by atoms with Crippen molar-refractivity contribution in [3.8, 4) is 11.1 Å². The average molecular weight is 465 g/mol. The van der Waals surface area contributed by atoms with Crippen molar-refractivity contribution >= 4 is 11.4 Å². The van der Waals surface area contributed by atoms with Crippen LogP contribution in [0.3, 0.4) is 0 Å². The second-order valence-corrected chi connectivity index (χ2v) is 10.3. The van der Waals surface area contributed by atoms with Gasteiger partial charge in [0.25, 0.3) is 0 Å². The summed E-state index contributed by atoms with van der Waals surface area (Å²) >= 11 is 0. The lowest BCUT2D eigenvalue weighted by atomic mass is 9.95. The molecule has 4 N–H and O–H groups in total. The molecule has 0 bridgehead atoms. The minimum Gasteiger partial charge on any atom is -0.399 e. The van der Waals surface area contributed by atoms with Gasteiger partial charge in [0.05, 0.1) is 0 Å². The molecule has 0 saturated carbocycles. The zero-order valence-electron chi connectivity index (χ0n) is 22.3. The minimum atomic E-state index is 0.932. The third-order valence-electron chi connectivity index (χ3n) is 7.22. The predicted molar refractivity (Wildman–Crippen MR) is 153 cm³/mol. The molecule has 0 aliphatic heterocycles. The van der Waals surface area contributed by atoms with Gasteiger partial charge in [-0.15, -0.1) is 0 Å². The van der Waals surface area contributed by atoms with Gasteiger partial charge in [-0.1, -0.05) is 116 Å². The van der Waals surface area contributed by atoms with Crippen LogP contribution < -0.4 is 11.5 Å². The van der Waals surface area contributed by atoms with Crippen molar-refractivity contribution in [2.45, 2.75) is 129 Å². The number of hydrogen-bond acceptors (Lipinski definition) is 2. The molecular weight excluding hydrogens is 412 g/mol. The summed E-state index contributed by atoms with van der Waals surface area (Å²) < 4.78 is 0. The molecule has 2 aromatic rings. The quantitative estimate of drug-likeness (QED) is 0.160. The maximum Gasteiger partial charge on any atom is 0.0346 e. The third kappa shape index (κ3) is 11.0. The van der Waals surface area contributed by atoms with E-state index < -0.39 is 0 Å². The lowest BCUT2D eigenvalue weighted by Gasteiger charge is -2.12. The Morgan fingerprint density at radius 1 is 0.441 bits per heavy atom. The summed E-state index contributed by atoms with van der Waals surface area (Å²) in [4.78, 5) is 0. The molecule has 0 atom stereocenters. The number of anilines is 2. The van der Waals surface area contributed by atoms with E-state index in [2.05, 4.69) is 50.2 Å². The normalized spacial score (nSPS) is 11.2. The van der Waals surface area contributed by atoms with Gasteiger partial charge >= 0.3 is 0 Å². The van der Waals surface area contributed by atoms with Gasteiger partial charge in [0, 0.05) is 11.4 Å². The van der Waals surface area contributed by atoms with Crippen molar-refractivity contribution in [1.82, 2.24) is 0 Å². The fourth-order valence-corrected chi connectivity index (χ4v) is 4.90. The van der Waals surface area contributed by atoms with Crippen molar-refractivity contribution in [3.63, 3.8) is 0 Å². The first-order valence-corrected chi connectivity index (χ1v) is 14.4. The molecule has 0 unspecified atom stereocenters. The van der Waals surface area contributed by atoms with Crippen molar-refractivity contribution in [2.24, 2.45) is 0 Å². The van der Waals surface area contributed by atoms with E-state index in [1.165, 1.54) is 125 Å². The number of rotatable bonds is 19. The zero-order chi connectivity index (χ0) is 24.4. The van der Waals surface area contributed by atoms with Gasteiger partial charge in [-0.3, -0.25) is 0 Å².